The first-order chi connectivity index (χ1) is 9.45. The minimum atomic E-state index is -0.724. The summed E-state index contributed by atoms with van der Waals surface area (Å²) in [5, 5.41) is 2.62. The molecule has 2 amide bonds. The van der Waals surface area contributed by atoms with Crippen molar-refractivity contribution in [2.45, 2.75) is 20.3 Å². The summed E-state index contributed by atoms with van der Waals surface area (Å²) in [5.74, 6) is -2.18. The van der Waals surface area contributed by atoms with E-state index in [0.717, 1.165) is 6.07 Å². The maximum Gasteiger partial charge on any atom is 0.299 e. The van der Waals surface area contributed by atoms with Gasteiger partial charge in [0.1, 0.15) is 5.82 Å². The van der Waals surface area contributed by atoms with E-state index in [2.05, 4.69) is 5.32 Å². The molecule has 5 nitrogen and oxygen atoms in total. The number of anilines is 1. The predicted octanol–water partition coefficient (Wildman–Crippen LogP) is 1.19. The smallest absolute Gasteiger partial charge is 0.299 e. The fourth-order valence-corrected chi connectivity index (χ4v) is 2.32. The molecule has 0 atom stereocenters. The quantitative estimate of drug-likeness (QED) is 0.841. The average Bonchev–Trinajstić information content (AvgIpc) is 2.61. The second kappa shape index (κ2) is 5.40. The Morgan fingerprint density at radius 3 is 2.70 bits per heavy atom. The van der Waals surface area contributed by atoms with Gasteiger partial charge in [-0.15, -0.1) is 0 Å². The van der Waals surface area contributed by atoms with Crippen molar-refractivity contribution in [1.82, 2.24) is 5.32 Å². The molecule has 6 heteroatoms. The molecule has 1 aliphatic heterocycles. The zero-order chi connectivity index (χ0) is 14.9. The normalized spacial score (nSPS) is 13.7. The average molecular weight is 278 g/mol. The highest BCUT2D eigenvalue weighted by Crippen LogP contribution is 2.33. The molecule has 0 saturated heterocycles. The van der Waals surface area contributed by atoms with Gasteiger partial charge in [0.2, 0.25) is 5.91 Å². The van der Waals surface area contributed by atoms with Crippen LogP contribution < -0.4 is 10.2 Å². The number of rotatable bonds is 4. The van der Waals surface area contributed by atoms with Gasteiger partial charge in [-0.1, -0.05) is 0 Å². The Kier molecular flexibility index (Phi) is 3.83. The Morgan fingerprint density at radius 1 is 1.35 bits per heavy atom. The molecule has 0 aliphatic carbocycles. The first-order valence-corrected chi connectivity index (χ1v) is 6.38. The third-order valence-corrected chi connectivity index (χ3v) is 3.16. The Hall–Kier alpha value is -2.24. The maximum atomic E-state index is 13.3. The minimum absolute atomic E-state index is 0.0726. The van der Waals surface area contributed by atoms with Gasteiger partial charge in [-0.25, -0.2) is 4.39 Å². The van der Waals surface area contributed by atoms with Crippen molar-refractivity contribution in [1.29, 1.82) is 0 Å². The van der Waals surface area contributed by atoms with Gasteiger partial charge in [-0.2, -0.15) is 0 Å². The van der Waals surface area contributed by atoms with Crippen LogP contribution in [0, 0.1) is 12.7 Å². The highest BCUT2D eigenvalue weighted by molar-refractivity contribution is 6.52. The molecule has 20 heavy (non-hydrogen) atoms. The van der Waals surface area contributed by atoms with Crippen LogP contribution in [0.5, 0.6) is 0 Å². The number of nitrogens with zero attached hydrogens (tertiary/aromatic N) is 1. The fourth-order valence-electron chi connectivity index (χ4n) is 2.32. The zero-order valence-corrected chi connectivity index (χ0v) is 11.3. The zero-order valence-electron chi connectivity index (χ0n) is 11.3. The Balaban J connectivity index is 2.27. The second-order valence-corrected chi connectivity index (χ2v) is 4.61. The van der Waals surface area contributed by atoms with E-state index >= 15 is 0 Å². The number of fused-ring (bicyclic) bond motifs is 1. The molecule has 0 radical (unpaired) electrons. The maximum absolute atomic E-state index is 13.3. The van der Waals surface area contributed by atoms with E-state index in [0.29, 0.717) is 17.8 Å². The SMILES string of the molecule is CCNC(=O)CCN1C(=O)C(=O)c2cc(F)cc(C)c21. The van der Waals surface area contributed by atoms with Crippen LogP contribution in [-0.2, 0) is 9.59 Å². The van der Waals surface area contributed by atoms with Crippen LogP contribution in [0.3, 0.4) is 0 Å². The van der Waals surface area contributed by atoms with Gasteiger partial charge in [-0.05, 0) is 31.5 Å². The van der Waals surface area contributed by atoms with Gasteiger partial charge in [0, 0.05) is 19.5 Å². The number of amides is 2. The summed E-state index contributed by atoms with van der Waals surface area (Å²) >= 11 is 0. The largest absolute Gasteiger partial charge is 0.356 e. The summed E-state index contributed by atoms with van der Waals surface area (Å²) in [7, 11) is 0. The molecule has 0 saturated carbocycles. The van der Waals surface area contributed by atoms with E-state index in [1.54, 1.807) is 13.8 Å². The number of halogens is 1. The lowest BCUT2D eigenvalue weighted by Gasteiger charge is -2.18. The van der Waals surface area contributed by atoms with E-state index in [1.165, 1.54) is 11.0 Å². The van der Waals surface area contributed by atoms with Crippen molar-refractivity contribution in [3.05, 3.63) is 29.1 Å². The Bertz CT molecular complexity index is 598. The second-order valence-electron chi connectivity index (χ2n) is 4.61. The van der Waals surface area contributed by atoms with Crippen LogP contribution in [-0.4, -0.2) is 30.7 Å². The van der Waals surface area contributed by atoms with E-state index < -0.39 is 17.5 Å². The van der Waals surface area contributed by atoms with Gasteiger partial charge >= 0.3 is 0 Å². The van der Waals surface area contributed by atoms with E-state index in [-0.39, 0.29) is 24.4 Å². The van der Waals surface area contributed by atoms with Crippen LogP contribution in [0.15, 0.2) is 12.1 Å². The van der Waals surface area contributed by atoms with Crippen LogP contribution in [0.2, 0.25) is 0 Å². The summed E-state index contributed by atoms with van der Waals surface area (Å²) in [6.45, 7) is 4.04. The van der Waals surface area contributed by atoms with Crippen molar-refractivity contribution in [2.75, 3.05) is 18.0 Å². The molecule has 0 spiro atoms. The molecule has 0 fully saturated rings. The van der Waals surface area contributed by atoms with Gasteiger partial charge in [0.05, 0.1) is 11.3 Å². The molecular formula is C14H15FN2O3. The van der Waals surface area contributed by atoms with E-state index in [1.807, 2.05) is 0 Å². The first-order valence-electron chi connectivity index (χ1n) is 6.38. The number of benzene rings is 1. The number of hydrogen-bond donors (Lipinski definition) is 1. The number of nitrogens with one attached hydrogen (secondary N) is 1. The lowest BCUT2D eigenvalue weighted by atomic mass is 10.1. The molecule has 1 aromatic carbocycles. The van der Waals surface area contributed by atoms with Gasteiger partial charge in [-0.3, -0.25) is 14.4 Å². The topological polar surface area (TPSA) is 66.5 Å². The first kappa shape index (κ1) is 14.2. The van der Waals surface area contributed by atoms with Crippen LogP contribution in [0.1, 0.15) is 29.3 Å². The third kappa shape index (κ3) is 2.41. The molecule has 1 heterocycles. The summed E-state index contributed by atoms with van der Waals surface area (Å²) < 4.78 is 13.3. The number of Topliss-reactive ketones (excluding diaryl/α,β-unsaturated/α-hetero) is 1. The molecule has 1 aromatic rings. The third-order valence-electron chi connectivity index (χ3n) is 3.16. The van der Waals surface area contributed by atoms with Crippen molar-refractivity contribution >= 4 is 23.3 Å². The van der Waals surface area contributed by atoms with Crippen molar-refractivity contribution < 1.29 is 18.8 Å². The van der Waals surface area contributed by atoms with Crippen LogP contribution in [0.25, 0.3) is 0 Å². The van der Waals surface area contributed by atoms with Crippen molar-refractivity contribution in [3.63, 3.8) is 0 Å². The lowest BCUT2D eigenvalue weighted by Crippen LogP contribution is -2.34. The molecule has 0 unspecified atom stereocenters. The van der Waals surface area contributed by atoms with Gasteiger partial charge in [0.15, 0.2) is 0 Å². The number of aryl methyl sites for hydroxylation is 1. The summed E-state index contributed by atoms with van der Waals surface area (Å²) in [6, 6.07) is 2.33. The molecule has 1 N–H and O–H groups in total. The van der Waals surface area contributed by atoms with Crippen molar-refractivity contribution in [2.24, 2.45) is 0 Å². The molecule has 2 rings (SSSR count). The monoisotopic (exact) mass is 278 g/mol. The highest BCUT2D eigenvalue weighted by Gasteiger charge is 2.37. The Labute approximate surface area is 115 Å². The van der Waals surface area contributed by atoms with Crippen LogP contribution >= 0.6 is 0 Å². The number of ketones is 1. The number of carbonyl (C=O) groups excluding carboxylic acids is 3. The molecule has 1 aliphatic rings. The van der Waals surface area contributed by atoms with Crippen LogP contribution in [0.4, 0.5) is 10.1 Å². The Morgan fingerprint density at radius 2 is 2.05 bits per heavy atom. The number of hydrogen-bond acceptors (Lipinski definition) is 3. The summed E-state index contributed by atoms with van der Waals surface area (Å²) in [4.78, 5) is 36.4. The number of carbonyl (C=O) groups is 3. The molecule has 0 aromatic heterocycles. The minimum Gasteiger partial charge on any atom is -0.356 e. The fraction of sp³-hybridized carbons (Fsp3) is 0.357. The van der Waals surface area contributed by atoms with E-state index in [9.17, 15) is 18.8 Å². The van der Waals surface area contributed by atoms with Gasteiger partial charge in [0.25, 0.3) is 11.7 Å². The summed E-state index contributed by atoms with van der Waals surface area (Å²) in [5.41, 5.74) is 0.990. The lowest BCUT2D eigenvalue weighted by molar-refractivity contribution is -0.120. The summed E-state index contributed by atoms with van der Waals surface area (Å²) in [6.07, 6.45) is 0.100. The standard InChI is InChI=1S/C14H15FN2O3/c1-3-16-11(18)4-5-17-12-8(2)6-9(15)7-10(12)13(19)14(17)20/h6-7H,3-5H2,1-2H3,(H,16,18). The molecular weight excluding hydrogens is 263 g/mol. The van der Waals surface area contributed by atoms with Crippen molar-refractivity contribution in [3.8, 4) is 0 Å². The molecule has 0 bridgehead atoms. The van der Waals surface area contributed by atoms with E-state index in [4.69, 9.17) is 0 Å². The highest BCUT2D eigenvalue weighted by atomic mass is 19.1. The predicted molar refractivity (Wildman–Crippen MR) is 71.1 cm³/mol. The van der Waals surface area contributed by atoms with Gasteiger partial charge < -0.3 is 10.2 Å². The molecule has 106 valence electrons.